The molecule has 3 aromatic heterocycles. The van der Waals surface area contributed by atoms with Crippen LogP contribution in [0.15, 0.2) is 61.2 Å². The number of para-hydroxylation sites is 1. The van der Waals surface area contributed by atoms with Crippen LogP contribution in [-0.4, -0.2) is 37.3 Å². The van der Waals surface area contributed by atoms with Gasteiger partial charge >= 0.3 is 0 Å². The van der Waals surface area contributed by atoms with Gasteiger partial charge in [0.25, 0.3) is 0 Å². The van der Waals surface area contributed by atoms with Crippen LogP contribution in [0.1, 0.15) is 36.6 Å². The summed E-state index contributed by atoms with van der Waals surface area (Å²) in [7, 11) is 0. The summed E-state index contributed by atoms with van der Waals surface area (Å²) in [4.78, 5) is 31.0. The minimum atomic E-state index is 0.0344. The Balaban J connectivity index is 1.27. The van der Waals surface area contributed by atoms with Gasteiger partial charge < -0.3 is 15.6 Å². The van der Waals surface area contributed by atoms with Gasteiger partial charge in [-0.25, -0.2) is 9.97 Å². The Morgan fingerprint density at radius 3 is 2.68 bits per heavy atom. The molecule has 1 aromatic carbocycles. The molecule has 1 fully saturated rings. The number of fused-ring (bicyclic) bond motifs is 1. The molecule has 5 rings (SSSR count). The van der Waals surface area contributed by atoms with Gasteiger partial charge in [0.1, 0.15) is 0 Å². The van der Waals surface area contributed by atoms with E-state index in [1.54, 1.807) is 12.4 Å². The molecule has 1 atom stereocenters. The van der Waals surface area contributed by atoms with E-state index in [9.17, 15) is 4.79 Å². The normalized spacial score (nSPS) is 16.1. The van der Waals surface area contributed by atoms with E-state index in [-0.39, 0.29) is 17.9 Å². The number of nitrogens with zero attached hydrogens (tertiary/aromatic N) is 4. The third-order valence-corrected chi connectivity index (χ3v) is 5.99. The fourth-order valence-electron chi connectivity index (χ4n) is 4.36. The monoisotopic (exact) mass is 412 g/mol. The summed E-state index contributed by atoms with van der Waals surface area (Å²) in [5.41, 5.74) is 10.6. The number of aryl methyl sites for hydroxylation is 1. The quantitative estimate of drug-likeness (QED) is 0.518. The van der Waals surface area contributed by atoms with Gasteiger partial charge in [0.15, 0.2) is 0 Å². The van der Waals surface area contributed by atoms with Crippen LogP contribution in [0.3, 0.4) is 0 Å². The van der Waals surface area contributed by atoms with E-state index in [1.165, 1.54) is 10.9 Å². The zero-order chi connectivity index (χ0) is 21.2. The van der Waals surface area contributed by atoms with Crippen molar-refractivity contribution in [2.45, 2.75) is 31.7 Å². The summed E-state index contributed by atoms with van der Waals surface area (Å²) in [6.45, 7) is 0.784. The number of aromatic amines is 1. The number of nitrogen functional groups attached to an aromatic ring is 1. The van der Waals surface area contributed by atoms with Crippen LogP contribution in [-0.2, 0) is 11.2 Å². The molecule has 1 saturated heterocycles. The maximum Gasteiger partial charge on any atom is 0.223 e. The lowest BCUT2D eigenvalue weighted by Gasteiger charge is -2.24. The molecule has 0 spiro atoms. The summed E-state index contributed by atoms with van der Waals surface area (Å²) in [5, 5.41) is 1.19. The average molecular weight is 412 g/mol. The first-order valence-electron chi connectivity index (χ1n) is 10.6. The maximum absolute atomic E-state index is 13.0. The van der Waals surface area contributed by atoms with Crippen molar-refractivity contribution in [3.8, 4) is 11.1 Å². The molecule has 156 valence electrons. The molecule has 3 N–H and O–H groups in total. The van der Waals surface area contributed by atoms with Crippen LogP contribution in [0.25, 0.3) is 22.0 Å². The van der Waals surface area contributed by atoms with Gasteiger partial charge in [0.05, 0.1) is 11.7 Å². The Morgan fingerprint density at radius 2 is 1.87 bits per heavy atom. The van der Waals surface area contributed by atoms with Crippen molar-refractivity contribution in [1.82, 2.24) is 24.8 Å². The fourth-order valence-corrected chi connectivity index (χ4v) is 4.36. The first-order valence-corrected chi connectivity index (χ1v) is 10.6. The van der Waals surface area contributed by atoms with Gasteiger partial charge in [-0.3, -0.25) is 9.78 Å². The van der Waals surface area contributed by atoms with Crippen molar-refractivity contribution in [3.05, 3.63) is 72.4 Å². The highest BCUT2D eigenvalue weighted by molar-refractivity contribution is 5.84. The molecule has 4 aromatic rings. The minimum absolute atomic E-state index is 0.0344. The van der Waals surface area contributed by atoms with E-state index in [0.29, 0.717) is 6.42 Å². The summed E-state index contributed by atoms with van der Waals surface area (Å²) >= 11 is 0. The first kappa shape index (κ1) is 19.2. The van der Waals surface area contributed by atoms with Gasteiger partial charge in [0.2, 0.25) is 11.9 Å². The highest BCUT2D eigenvalue weighted by Crippen LogP contribution is 2.32. The number of hydrogen-bond donors (Lipinski definition) is 2. The largest absolute Gasteiger partial charge is 0.368 e. The topological polar surface area (TPSA) is 101 Å². The molecule has 0 bridgehead atoms. The van der Waals surface area contributed by atoms with Gasteiger partial charge in [0, 0.05) is 59.8 Å². The Kier molecular flexibility index (Phi) is 5.08. The summed E-state index contributed by atoms with van der Waals surface area (Å²) < 4.78 is 0. The summed E-state index contributed by atoms with van der Waals surface area (Å²) in [6.07, 6.45) is 10.4. The standard InChI is InChI=1S/C24H24N6O/c25-24-28-14-18(15-29-24)16-7-9-21(27-12-16)22-6-3-11-30(22)23(31)10-8-17-13-26-20-5-2-1-4-19(17)20/h1-2,4-5,7,9,12-15,22,26H,3,6,8,10-11H2,(H2,25,28,29)/t22-/m0/s1. The van der Waals surface area contributed by atoms with Crippen LogP contribution >= 0.6 is 0 Å². The number of H-pyrrole nitrogens is 1. The third-order valence-electron chi connectivity index (χ3n) is 5.99. The lowest BCUT2D eigenvalue weighted by atomic mass is 10.1. The van der Waals surface area contributed by atoms with Gasteiger partial charge in [-0.05, 0) is 37.0 Å². The zero-order valence-corrected chi connectivity index (χ0v) is 17.2. The van der Waals surface area contributed by atoms with Crippen molar-refractivity contribution in [2.24, 2.45) is 0 Å². The number of nitrogens with two attached hydrogens (primary N) is 1. The Hall–Kier alpha value is -3.74. The fraction of sp³-hybridized carbons (Fsp3) is 0.250. The molecule has 31 heavy (non-hydrogen) atoms. The third kappa shape index (κ3) is 3.86. The molecule has 1 amide bonds. The Labute approximate surface area is 180 Å². The van der Waals surface area contributed by atoms with Crippen molar-refractivity contribution in [1.29, 1.82) is 0 Å². The van der Waals surface area contributed by atoms with Crippen LogP contribution in [0.4, 0.5) is 5.95 Å². The van der Waals surface area contributed by atoms with E-state index < -0.39 is 0 Å². The van der Waals surface area contributed by atoms with E-state index in [1.807, 2.05) is 41.6 Å². The second-order valence-corrected chi connectivity index (χ2v) is 7.91. The van der Waals surface area contributed by atoms with Crippen molar-refractivity contribution >= 4 is 22.8 Å². The molecule has 1 aliphatic rings. The average Bonchev–Trinajstić information content (AvgIpc) is 3.46. The molecule has 7 nitrogen and oxygen atoms in total. The van der Waals surface area contributed by atoms with Crippen LogP contribution < -0.4 is 5.73 Å². The molecule has 7 heteroatoms. The number of benzene rings is 1. The highest BCUT2D eigenvalue weighted by Gasteiger charge is 2.30. The number of likely N-dealkylation sites (tertiary alicyclic amines) is 1. The minimum Gasteiger partial charge on any atom is -0.368 e. The van der Waals surface area contributed by atoms with Gasteiger partial charge in [-0.15, -0.1) is 0 Å². The summed E-state index contributed by atoms with van der Waals surface area (Å²) in [6, 6.07) is 12.2. The first-order chi connectivity index (χ1) is 15.2. The van der Waals surface area contributed by atoms with Crippen LogP contribution in [0.5, 0.6) is 0 Å². The molecule has 0 saturated carbocycles. The molecule has 0 unspecified atom stereocenters. The molecule has 0 radical (unpaired) electrons. The molecule has 1 aliphatic heterocycles. The molecular weight excluding hydrogens is 388 g/mol. The van der Waals surface area contributed by atoms with Crippen molar-refractivity contribution in [3.63, 3.8) is 0 Å². The highest BCUT2D eigenvalue weighted by atomic mass is 16.2. The number of aromatic nitrogens is 4. The number of anilines is 1. The van der Waals surface area contributed by atoms with E-state index >= 15 is 0 Å². The number of rotatable bonds is 5. The zero-order valence-electron chi connectivity index (χ0n) is 17.2. The smallest absolute Gasteiger partial charge is 0.223 e. The lowest BCUT2D eigenvalue weighted by Crippen LogP contribution is -2.31. The van der Waals surface area contributed by atoms with Crippen molar-refractivity contribution in [2.75, 3.05) is 12.3 Å². The van der Waals surface area contributed by atoms with Crippen LogP contribution in [0, 0.1) is 0 Å². The Bertz CT molecular complexity index is 1200. The molecule has 0 aliphatic carbocycles. The number of carbonyl (C=O) groups is 1. The molecule has 4 heterocycles. The Morgan fingerprint density at radius 1 is 1.06 bits per heavy atom. The SMILES string of the molecule is Nc1ncc(-c2ccc([C@@H]3CCCN3C(=O)CCc3c[nH]c4ccccc34)nc2)cn1. The number of carbonyl (C=O) groups excluding carboxylic acids is 1. The predicted octanol–water partition coefficient (Wildman–Crippen LogP) is 3.90. The predicted molar refractivity (Wildman–Crippen MR) is 120 cm³/mol. The number of amides is 1. The van der Waals surface area contributed by atoms with E-state index in [2.05, 4.69) is 32.1 Å². The van der Waals surface area contributed by atoms with Crippen LogP contribution in [0.2, 0.25) is 0 Å². The maximum atomic E-state index is 13.0. The van der Waals surface area contributed by atoms with E-state index in [0.717, 1.165) is 48.1 Å². The molecular formula is C24H24N6O. The van der Waals surface area contributed by atoms with E-state index in [4.69, 9.17) is 5.73 Å². The summed E-state index contributed by atoms with van der Waals surface area (Å²) in [5.74, 6) is 0.437. The number of nitrogens with one attached hydrogen (secondary N) is 1. The number of hydrogen-bond acceptors (Lipinski definition) is 5. The van der Waals surface area contributed by atoms with Gasteiger partial charge in [-0.2, -0.15) is 0 Å². The van der Waals surface area contributed by atoms with Gasteiger partial charge in [-0.1, -0.05) is 24.3 Å². The number of pyridine rings is 1. The second kappa shape index (κ2) is 8.18. The second-order valence-electron chi connectivity index (χ2n) is 7.91. The van der Waals surface area contributed by atoms with Crippen molar-refractivity contribution < 1.29 is 4.79 Å². The lowest BCUT2D eigenvalue weighted by molar-refractivity contribution is -0.132.